The Kier molecular flexibility index (Phi) is 5.43. The van der Waals surface area contributed by atoms with Crippen LogP contribution in [0.1, 0.15) is 25.7 Å². The van der Waals surface area contributed by atoms with Crippen LogP contribution in [0.15, 0.2) is 0 Å². The first-order valence-electron chi connectivity index (χ1n) is 5.41. The van der Waals surface area contributed by atoms with Crippen molar-refractivity contribution in [2.75, 3.05) is 0 Å². The van der Waals surface area contributed by atoms with Crippen molar-refractivity contribution in [3.8, 4) is 0 Å². The molecule has 0 aromatic rings. The molecule has 2 aliphatic carbocycles. The summed E-state index contributed by atoms with van der Waals surface area (Å²) in [6.07, 6.45) is -6.89. The second-order valence-electron chi connectivity index (χ2n) is 4.61. The predicted octanol–water partition coefficient (Wildman–Crippen LogP) is 5.44. The molecule has 0 N–H and O–H groups in total. The van der Waals surface area contributed by atoms with E-state index in [1.54, 1.807) is 0 Å². The Labute approximate surface area is 118 Å². The highest BCUT2D eigenvalue weighted by Crippen LogP contribution is 2.44. The van der Waals surface area contributed by atoms with E-state index in [2.05, 4.69) is 31.9 Å². The summed E-state index contributed by atoms with van der Waals surface area (Å²) in [5, 5.41) is 0. The van der Waals surface area contributed by atoms with Gasteiger partial charge in [-0.2, -0.15) is 26.3 Å². The second kappa shape index (κ2) is 5.89. The Hall–Kier alpha value is 0.540. The zero-order chi connectivity index (χ0) is 14.1. The molecule has 0 bridgehead atoms. The lowest BCUT2D eigenvalue weighted by Crippen LogP contribution is -2.35. The molecule has 0 amide bonds. The summed E-state index contributed by atoms with van der Waals surface area (Å²) in [5.41, 5.74) is 0. The standard InChI is InChI=1S/2C5H6BrF3/c2*6-4-1-3(2-4)5(7,8)9/h2*3-4H,1-2H2. The molecule has 0 atom stereocenters. The molecule has 0 aliphatic heterocycles. The third kappa shape index (κ3) is 4.90. The largest absolute Gasteiger partial charge is 0.391 e. The van der Waals surface area contributed by atoms with E-state index < -0.39 is 24.2 Å². The van der Waals surface area contributed by atoms with E-state index in [4.69, 9.17) is 0 Å². The van der Waals surface area contributed by atoms with Crippen LogP contribution in [0.3, 0.4) is 0 Å². The van der Waals surface area contributed by atoms with Crippen molar-refractivity contribution in [1.29, 1.82) is 0 Å². The molecule has 0 unspecified atom stereocenters. The van der Waals surface area contributed by atoms with E-state index in [1.807, 2.05) is 0 Å². The summed E-state index contributed by atoms with van der Waals surface area (Å²) in [7, 11) is 0. The fraction of sp³-hybridized carbons (Fsp3) is 1.00. The molecule has 0 radical (unpaired) electrons. The van der Waals surface area contributed by atoms with Crippen molar-refractivity contribution < 1.29 is 26.3 Å². The Balaban J connectivity index is 0.000000180. The van der Waals surface area contributed by atoms with Gasteiger partial charge in [0.1, 0.15) is 0 Å². The number of hydrogen-bond acceptors (Lipinski definition) is 0. The molecule has 2 fully saturated rings. The van der Waals surface area contributed by atoms with Crippen LogP contribution in [0.25, 0.3) is 0 Å². The van der Waals surface area contributed by atoms with Crippen LogP contribution in [-0.4, -0.2) is 22.0 Å². The third-order valence-electron chi connectivity index (χ3n) is 3.09. The number of hydrogen-bond donors (Lipinski definition) is 0. The molecule has 2 rings (SSSR count). The van der Waals surface area contributed by atoms with Gasteiger partial charge in [0.2, 0.25) is 0 Å². The molecular formula is C10H12Br2F6. The highest BCUT2D eigenvalue weighted by Gasteiger charge is 2.47. The topological polar surface area (TPSA) is 0 Å². The fourth-order valence-electron chi connectivity index (χ4n) is 1.63. The quantitative estimate of drug-likeness (QED) is 0.371. The lowest BCUT2D eigenvalue weighted by atomic mass is 9.85. The van der Waals surface area contributed by atoms with Crippen molar-refractivity contribution in [3.63, 3.8) is 0 Å². The van der Waals surface area contributed by atoms with Gasteiger partial charge in [0.25, 0.3) is 0 Å². The Morgan fingerprint density at radius 1 is 0.611 bits per heavy atom. The van der Waals surface area contributed by atoms with Crippen molar-refractivity contribution >= 4 is 31.9 Å². The number of alkyl halides is 8. The van der Waals surface area contributed by atoms with Crippen LogP contribution >= 0.6 is 31.9 Å². The lowest BCUT2D eigenvalue weighted by Gasteiger charge is -2.32. The van der Waals surface area contributed by atoms with Gasteiger partial charge in [-0.05, 0) is 25.7 Å². The maximum Gasteiger partial charge on any atom is 0.391 e. The first-order chi connectivity index (χ1) is 8.00. The predicted molar refractivity (Wildman–Crippen MR) is 63.0 cm³/mol. The molecular weight excluding hydrogens is 394 g/mol. The minimum atomic E-state index is -3.95. The minimum Gasteiger partial charge on any atom is -0.171 e. The van der Waals surface area contributed by atoms with E-state index in [0.717, 1.165) is 0 Å². The van der Waals surface area contributed by atoms with Gasteiger partial charge in [-0.25, -0.2) is 0 Å². The monoisotopic (exact) mass is 404 g/mol. The average molecular weight is 406 g/mol. The van der Waals surface area contributed by atoms with E-state index in [0.29, 0.717) is 0 Å². The van der Waals surface area contributed by atoms with Gasteiger partial charge in [-0.1, -0.05) is 31.9 Å². The van der Waals surface area contributed by atoms with Crippen LogP contribution in [0, 0.1) is 11.8 Å². The van der Waals surface area contributed by atoms with Gasteiger partial charge >= 0.3 is 12.4 Å². The van der Waals surface area contributed by atoms with E-state index in [1.165, 1.54) is 0 Å². The summed E-state index contributed by atoms with van der Waals surface area (Å²) in [6.45, 7) is 0. The van der Waals surface area contributed by atoms with Crippen LogP contribution in [0.5, 0.6) is 0 Å². The van der Waals surface area contributed by atoms with Gasteiger partial charge < -0.3 is 0 Å². The summed E-state index contributed by atoms with van der Waals surface area (Å²) in [5.74, 6) is -2.08. The molecule has 0 spiro atoms. The Bertz CT molecular complexity index is 235. The fourth-order valence-corrected chi connectivity index (χ4v) is 3.44. The van der Waals surface area contributed by atoms with Gasteiger partial charge in [-0.15, -0.1) is 0 Å². The summed E-state index contributed by atoms with van der Waals surface area (Å²) >= 11 is 6.19. The van der Waals surface area contributed by atoms with E-state index in [9.17, 15) is 26.3 Å². The van der Waals surface area contributed by atoms with Gasteiger partial charge in [0.15, 0.2) is 0 Å². The minimum absolute atomic E-state index is 0.101. The molecule has 2 aliphatic rings. The van der Waals surface area contributed by atoms with Crippen molar-refractivity contribution in [2.24, 2.45) is 11.8 Å². The molecule has 0 aromatic heterocycles. The van der Waals surface area contributed by atoms with E-state index >= 15 is 0 Å². The van der Waals surface area contributed by atoms with Gasteiger partial charge in [-0.3, -0.25) is 0 Å². The Morgan fingerprint density at radius 3 is 0.889 bits per heavy atom. The van der Waals surface area contributed by atoms with Crippen LogP contribution in [0.2, 0.25) is 0 Å². The molecule has 0 saturated heterocycles. The Morgan fingerprint density at radius 2 is 0.833 bits per heavy atom. The van der Waals surface area contributed by atoms with E-state index in [-0.39, 0.29) is 35.3 Å². The molecule has 8 heteroatoms. The molecule has 2 saturated carbocycles. The molecule has 0 heterocycles. The van der Waals surface area contributed by atoms with Crippen molar-refractivity contribution in [2.45, 2.75) is 47.7 Å². The maximum atomic E-state index is 11.7. The maximum absolute atomic E-state index is 11.7. The smallest absolute Gasteiger partial charge is 0.171 e. The molecule has 0 nitrogen and oxygen atoms in total. The van der Waals surface area contributed by atoms with Gasteiger partial charge in [0, 0.05) is 9.65 Å². The van der Waals surface area contributed by atoms with Gasteiger partial charge in [0.05, 0.1) is 11.8 Å². The summed E-state index contributed by atoms with van der Waals surface area (Å²) < 4.78 is 69.9. The van der Waals surface area contributed by atoms with Crippen LogP contribution < -0.4 is 0 Å². The SMILES string of the molecule is FC(F)(F)C1CC(Br)C1.FC(F)(F)C1CC(Br)C1. The molecule has 108 valence electrons. The average Bonchev–Trinajstić information content (AvgIpc) is 2.05. The van der Waals surface area contributed by atoms with Crippen LogP contribution in [-0.2, 0) is 0 Å². The lowest BCUT2D eigenvalue weighted by molar-refractivity contribution is -0.192. The second-order valence-corrected chi connectivity index (χ2v) is 7.20. The molecule has 0 aromatic carbocycles. The highest BCUT2D eigenvalue weighted by atomic mass is 79.9. The third-order valence-corrected chi connectivity index (χ3v) is 4.58. The summed E-state index contributed by atoms with van der Waals surface area (Å²) in [4.78, 5) is 0.202. The normalized spacial score (nSPS) is 36.0. The first kappa shape index (κ1) is 16.6. The molecule has 18 heavy (non-hydrogen) atoms. The zero-order valence-corrected chi connectivity index (χ0v) is 12.3. The zero-order valence-electron chi connectivity index (χ0n) is 9.16. The first-order valence-corrected chi connectivity index (χ1v) is 7.25. The number of rotatable bonds is 0. The summed E-state index contributed by atoms with van der Waals surface area (Å²) in [6, 6.07) is 0. The highest BCUT2D eigenvalue weighted by molar-refractivity contribution is 9.09. The number of halogens is 8. The van der Waals surface area contributed by atoms with Crippen molar-refractivity contribution in [1.82, 2.24) is 0 Å². The van der Waals surface area contributed by atoms with Crippen molar-refractivity contribution in [3.05, 3.63) is 0 Å². The van der Waals surface area contributed by atoms with Crippen LogP contribution in [0.4, 0.5) is 26.3 Å².